The number of hydrogen-bond acceptors (Lipinski definition) is 4. The topological polar surface area (TPSA) is 65.5 Å². The first kappa shape index (κ1) is 13.9. The molecule has 1 aromatic rings. The van der Waals surface area contributed by atoms with Crippen molar-refractivity contribution in [1.29, 1.82) is 0 Å². The lowest BCUT2D eigenvalue weighted by molar-refractivity contribution is -0.138. The maximum atomic E-state index is 10.7. The molecule has 1 fully saturated rings. The zero-order valence-electron chi connectivity index (χ0n) is 9.06. The molecule has 8 heteroatoms. The molecule has 98 valence electrons. The number of nitrogens with zero attached hydrogens (tertiary/aromatic N) is 2. The summed E-state index contributed by atoms with van der Waals surface area (Å²) < 4.78 is 0. The number of hydrogen-bond donors (Lipinski definition) is 2. The minimum absolute atomic E-state index is 0. The van der Waals surface area contributed by atoms with Crippen molar-refractivity contribution in [2.45, 2.75) is 12.8 Å². The quantitative estimate of drug-likeness (QED) is 0.796. The van der Waals surface area contributed by atoms with E-state index in [4.69, 9.17) is 28.3 Å². The molecule has 2 aliphatic heterocycles. The summed E-state index contributed by atoms with van der Waals surface area (Å²) in [4.78, 5) is 12.5. The van der Waals surface area contributed by atoms with Crippen LogP contribution < -0.4 is 10.4 Å². The number of hydrazine groups is 1. The van der Waals surface area contributed by atoms with Gasteiger partial charge in [0.05, 0.1) is 22.3 Å². The van der Waals surface area contributed by atoms with Crippen LogP contribution in [-0.2, 0) is 11.3 Å². The molecule has 0 aromatic heterocycles. The van der Waals surface area contributed by atoms with E-state index in [1.807, 2.05) is 11.1 Å². The first-order valence-corrected chi connectivity index (χ1v) is 5.81. The fourth-order valence-electron chi connectivity index (χ4n) is 2.10. The number of carboxylic acids is 1. The molecule has 1 atom stereocenters. The lowest BCUT2D eigenvalue weighted by atomic mass is 10.1. The van der Waals surface area contributed by atoms with Gasteiger partial charge in [-0.2, -0.15) is 5.43 Å². The van der Waals surface area contributed by atoms with Crippen LogP contribution in [0.5, 0.6) is 0 Å². The van der Waals surface area contributed by atoms with E-state index in [0.717, 1.165) is 11.3 Å². The van der Waals surface area contributed by atoms with Crippen molar-refractivity contribution in [2.75, 3.05) is 11.6 Å². The summed E-state index contributed by atoms with van der Waals surface area (Å²) in [5, 5.41) is 11.7. The van der Waals surface area contributed by atoms with Crippen molar-refractivity contribution in [3.8, 4) is 0 Å². The number of carbonyl (C=O) groups is 1. The number of fused-ring (bicyclic) bond motifs is 3. The van der Waals surface area contributed by atoms with Crippen LogP contribution in [0, 0.1) is 0 Å². The molecule has 0 spiro atoms. The van der Waals surface area contributed by atoms with Crippen LogP contribution in [0.1, 0.15) is 5.56 Å². The third-order valence-corrected chi connectivity index (χ3v) is 3.75. The highest BCUT2D eigenvalue weighted by Gasteiger charge is 2.45. The minimum atomic E-state index is -0.861. The number of carboxylic acid groups (broad SMARTS) is 1. The Bertz CT molecular complexity index is 514. The molecule has 1 aromatic carbocycles. The smallest absolute Gasteiger partial charge is 0.317 e. The van der Waals surface area contributed by atoms with Gasteiger partial charge in [0, 0.05) is 12.1 Å². The Balaban J connectivity index is 0.00000120. The number of rotatable bonds is 2. The second-order valence-electron chi connectivity index (χ2n) is 4.03. The van der Waals surface area contributed by atoms with Gasteiger partial charge in [0.2, 0.25) is 0 Å². The summed E-state index contributed by atoms with van der Waals surface area (Å²) in [7, 11) is 0. The number of halogens is 3. The lowest BCUT2D eigenvalue weighted by Gasteiger charge is -2.26. The Labute approximate surface area is 124 Å². The van der Waals surface area contributed by atoms with Gasteiger partial charge in [-0.05, 0) is 12.1 Å². The van der Waals surface area contributed by atoms with E-state index >= 15 is 0 Å². The van der Waals surface area contributed by atoms with Gasteiger partial charge in [-0.1, -0.05) is 23.2 Å². The van der Waals surface area contributed by atoms with Gasteiger partial charge in [0.15, 0.2) is 6.29 Å². The predicted octanol–water partition coefficient (Wildman–Crippen LogP) is 2.08. The Morgan fingerprint density at radius 3 is 2.89 bits per heavy atom. The van der Waals surface area contributed by atoms with Crippen molar-refractivity contribution >= 4 is 51.8 Å². The molecule has 0 saturated carbocycles. The fraction of sp³-hybridized carbons (Fsp3) is 0.300. The first-order valence-electron chi connectivity index (χ1n) is 5.06. The highest BCUT2D eigenvalue weighted by molar-refractivity contribution is 8.93. The standard InChI is InChI=1S/C10H9Cl2N3O2.BrH/c11-6-1-2-7-5(9(6)12)3-14(4-8(16)17)10-13-15(7)10;/h1-2,10,13H,3-4H2,(H,16,17);1H. The molecule has 3 rings (SSSR count). The van der Waals surface area contributed by atoms with Gasteiger partial charge in [-0.3, -0.25) is 14.7 Å². The minimum Gasteiger partial charge on any atom is -0.480 e. The molecule has 2 N–H and O–H groups in total. The zero-order valence-corrected chi connectivity index (χ0v) is 12.3. The maximum absolute atomic E-state index is 10.7. The molecule has 2 heterocycles. The number of aliphatic carboxylic acids is 1. The second kappa shape index (κ2) is 4.86. The lowest BCUT2D eigenvalue weighted by Crippen LogP contribution is -2.37. The van der Waals surface area contributed by atoms with Gasteiger partial charge < -0.3 is 5.11 Å². The van der Waals surface area contributed by atoms with E-state index in [9.17, 15) is 4.79 Å². The first-order chi connectivity index (χ1) is 8.08. The van der Waals surface area contributed by atoms with E-state index in [1.165, 1.54) is 0 Å². The van der Waals surface area contributed by atoms with Crippen molar-refractivity contribution < 1.29 is 9.90 Å². The SMILES string of the molecule is Br.O=C(O)CN1Cc2c(ccc(Cl)c2Cl)N2NC12. The van der Waals surface area contributed by atoms with Gasteiger partial charge in [0.1, 0.15) is 0 Å². The summed E-state index contributed by atoms with van der Waals surface area (Å²) in [6.45, 7) is 0.450. The second-order valence-corrected chi connectivity index (χ2v) is 4.82. The van der Waals surface area contributed by atoms with E-state index in [0.29, 0.717) is 16.6 Å². The highest BCUT2D eigenvalue weighted by atomic mass is 79.9. The van der Waals surface area contributed by atoms with Gasteiger partial charge in [-0.15, -0.1) is 17.0 Å². The van der Waals surface area contributed by atoms with E-state index in [2.05, 4.69) is 5.43 Å². The van der Waals surface area contributed by atoms with E-state index in [1.54, 1.807) is 11.0 Å². The molecule has 1 saturated heterocycles. The van der Waals surface area contributed by atoms with Gasteiger partial charge in [0.25, 0.3) is 0 Å². The van der Waals surface area contributed by atoms with Gasteiger partial charge >= 0.3 is 5.97 Å². The zero-order chi connectivity index (χ0) is 12.2. The van der Waals surface area contributed by atoms with E-state index < -0.39 is 5.97 Å². The summed E-state index contributed by atoms with van der Waals surface area (Å²) in [5.41, 5.74) is 4.91. The predicted molar refractivity (Wildman–Crippen MR) is 74.2 cm³/mol. The Hall–Kier alpha value is -0.530. The van der Waals surface area contributed by atoms with Crippen LogP contribution in [0.2, 0.25) is 10.0 Å². The fourth-order valence-corrected chi connectivity index (χ4v) is 2.50. The van der Waals surface area contributed by atoms with Crippen molar-refractivity contribution in [3.05, 3.63) is 27.7 Å². The number of benzene rings is 1. The summed E-state index contributed by atoms with van der Waals surface area (Å²) in [5.74, 6) is -0.861. The number of anilines is 1. The summed E-state index contributed by atoms with van der Waals surface area (Å²) in [6, 6.07) is 3.63. The van der Waals surface area contributed by atoms with Gasteiger partial charge in [-0.25, -0.2) is 0 Å². The third-order valence-electron chi connectivity index (χ3n) is 2.91. The molecule has 0 aliphatic carbocycles. The average molecular weight is 355 g/mol. The summed E-state index contributed by atoms with van der Waals surface area (Å²) in [6.07, 6.45) is -0.0455. The Morgan fingerprint density at radius 1 is 1.50 bits per heavy atom. The van der Waals surface area contributed by atoms with Crippen molar-refractivity contribution in [3.63, 3.8) is 0 Å². The Morgan fingerprint density at radius 2 is 2.22 bits per heavy atom. The molecule has 0 amide bonds. The monoisotopic (exact) mass is 353 g/mol. The normalized spacial score (nSPS) is 20.8. The average Bonchev–Trinajstić information content (AvgIpc) is 3.03. The van der Waals surface area contributed by atoms with Crippen LogP contribution in [-0.4, -0.2) is 28.8 Å². The Kier molecular flexibility index (Phi) is 3.75. The largest absolute Gasteiger partial charge is 0.480 e. The molecular weight excluding hydrogens is 345 g/mol. The van der Waals surface area contributed by atoms with Crippen LogP contribution >= 0.6 is 40.2 Å². The maximum Gasteiger partial charge on any atom is 0.317 e. The van der Waals surface area contributed by atoms with Crippen LogP contribution in [0.3, 0.4) is 0 Å². The molecule has 0 bridgehead atoms. The molecule has 1 unspecified atom stereocenters. The van der Waals surface area contributed by atoms with Crippen LogP contribution in [0.25, 0.3) is 0 Å². The molecule has 18 heavy (non-hydrogen) atoms. The van der Waals surface area contributed by atoms with Crippen molar-refractivity contribution in [2.24, 2.45) is 0 Å². The van der Waals surface area contributed by atoms with Crippen LogP contribution in [0.15, 0.2) is 12.1 Å². The highest BCUT2D eigenvalue weighted by Crippen LogP contribution is 2.41. The third kappa shape index (κ3) is 2.19. The molecule has 5 nitrogen and oxygen atoms in total. The molecular formula is C10H10BrCl2N3O2. The summed E-state index contributed by atoms with van der Waals surface area (Å²) >= 11 is 12.1. The van der Waals surface area contributed by atoms with Crippen molar-refractivity contribution in [1.82, 2.24) is 10.3 Å². The van der Waals surface area contributed by atoms with E-state index in [-0.39, 0.29) is 29.8 Å². The van der Waals surface area contributed by atoms with Crippen LogP contribution in [0.4, 0.5) is 5.69 Å². The molecule has 0 radical (unpaired) electrons. The number of nitrogens with one attached hydrogen (secondary N) is 1. The molecule has 2 aliphatic rings.